The zero-order valence-corrected chi connectivity index (χ0v) is 14.1. The number of nitrogen functional groups attached to an aromatic ring is 1. The molecule has 3 atom stereocenters. The molecule has 0 aliphatic heterocycles. The Morgan fingerprint density at radius 3 is 2.82 bits per heavy atom. The molecule has 0 spiro atoms. The lowest BCUT2D eigenvalue weighted by Gasteiger charge is -2.34. The van der Waals surface area contributed by atoms with Crippen LogP contribution in [0.4, 0.5) is 0 Å². The number of hydrogen-bond donors (Lipinski definition) is 2. The number of aromatic nitrogens is 3. The van der Waals surface area contributed by atoms with Crippen molar-refractivity contribution in [2.45, 2.75) is 63.1 Å². The van der Waals surface area contributed by atoms with Gasteiger partial charge in [0.2, 0.25) is 11.1 Å². The SMILES string of the molecule is C[C@@H]1[C@@H](C)CCC[C@H]1NC(=O)CSc1nnc(C2CC2)n1N. The van der Waals surface area contributed by atoms with Crippen LogP contribution in [0.15, 0.2) is 5.16 Å². The number of hydrogen-bond acceptors (Lipinski definition) is 5. The Morgan fingerprint density at radius 1 is 1.32 bits per heavy atom. The summed E-state index contributed by atoms with van der Waals surface area (Å²) >= 11 is 1.36. The summed E-state index contributed by atoms with van der Waals surface area (Å²) in [4.78, 5) is 12.2. The third-order valence-electron chi connectivity index (χ3n) is 5.02. The second-order valence-electron chi connectivity index (χ2n) is 6.72. The summed E-state index contributed by atoms with van der Waals surface area (Å²) in [6.45, 7) is 4.51. The molecule has 0 saturated heterocycles. The van der Waals surface area contributed by atoms with Crippen molar-refractivity contribution in [2.75, 3.05) is 11.6 Å². The molecule has 0 bridgehead atoms. The molecular weight excluding hydrogens is 298 g/mol. The van der Waals surface area contributed by atoms with Crippen LogP contribution >= 0.6 is 11.8 Å². The molecule has 1 aromatic heterocycles. The monoisotopic (exact) mass is 323 g/mol. The first-order chi connectivity index (χ1) is 10.6. The average Bonchev–Trinajstić information content (AvgIpc) is 3.26. The maximum Gasteiger partial charge on any atom is 0.230 e. The smallest absolute Gasteiger partial charge is 0.230 e. The van der Waals surface area contributed by atoms with Crippen LogP contribution in [0.25, 0.3) is 0 Å². The minimum atomic E-state index is 0.0620. The Kier molecular flexibility index (Phi) is 4.61. The second-order valence-corrected chi connectivity index (χ2v) is 7.66. The summed E-state index contributed by atoms with van der Waals surface area (Å²) in [6.07, 6.45) is 5.82. The molecule has 1 heterocycles. The van der Waals surface area contributed by atoms with E-state index in [1.807, 2.05) is 0 Å². The molecule has 3 N–H and O–H groups in total. The van der Waals surface area contributed by atoms with Crippen LogP contribution in [-0.4, -0.2) is 32.6 Å². The summed E-state index contributed by atoms with van der Waals surface area (Å²) in [5.41, 5.74) is 0. The number of amides is 1. The van der Waals surface area contributed by atoms with Gasteiger partial charge >= 0.3 is 0 Å². The summed E-state index contributed by atoms with van der Waals surface area (Å²) < 4.78 is 1.54. The first-order valence-corrected chi connectivity index (χ1v) is 9.17. The van der Waals surface area contributed by atoms with Crippen LogP contribution in [0.2, 0.25) is 0 Å². The third kappa shape index (κ3) is 3.39. The lowest BCUT2D eigenvalue weighted by molar-refractivity contribution is -0.120. The van der Waals surface area contributed by atoms with Gasteiger partial charge in [0.25, 0.3) is 0 Å². The number of thioether (sulfide) groups is 1. The lowest BCUT2D eigenvalue weighted by atomic mass is 9.78. The highest BCUT2D eigenvalue weighted by Gasteiger charge is 2.30. The van der Waals surface area contributed by atoms with Crippen molar-refractivity contribution >= 4 is 17.7 Å². The standard InChI is InChI=1S/C15H25N5OS/c1-9-4-3-5-12(10(9)2)17-13(21)8-22-15-19-18-14(20(15)16)11-6-7-11/h9-12H,3-8,16H2,1-2H3,(H,17,21)/t9-,10+,12+/m0/s1. The van der Waals surface area contributed by atoms with Crippen molar-refractivity contribution in [3.05, 3.63) is 5.82 Å². The number of rotatable bonds is 5. The Hall–Kier alpha value is -1.24. The molecule has 2 aliphatic rings. The van der Waals surface area contributed by atoms with Crippen molar-refractivity contribution < 1.29 is 4.79 Å². The first kappa shape index (κ1) is 15.6. The van der Waals surface area contributed by atoms with Gasteiger partial charge in [-0.2, -0.15) is 0 Å². The van der Waals surface area contributed by atoms with Crippen molar-refractivity contribution in [3.8, 4) is 0 Å². The number of carbonyl (C=O) groups excluding carboxylic acids is 1. The highest BCUT2D eigenvalue weighted by atomic mass is 32.2. The number of nitrogens with one attached hydrogen (secondary N) is 1. The maximum atomic E-state index is 12.2. The molecule has 2 aliphatic carbocycles. The lowest BCUT2D eigenvalue weighted by Crippen LogP contribution is -2.44. The van der Waals surface area contributed by atoms with Crippen molar-refractivity contribution in [2.24, 2.45) is 11.8 Å². The fraction of sp³-hybridized carbons (Fsp3) is 0.800. The van der Waals surface area contributed by atoms with E-state index in [1.165, 1.54) is 24.6 Å². The molecule has 2 saturated carbocycles. The molecule has 2 fully saturated rings. The fourth-order valence-electron chi connectivity index (χ4n) is 3.17. The van der Waals surface area contributed by atoms with Crippen LogP contribution in [0.5, 0.6) is 0 Å². The Balaban J connectivity index is 1.50. The number of carbonyl (C=O) groups is 1. The molecule has 6 nitrogen and oxygen atoms in total. The number of nitrogens with zero attached hydrogens (tertiary/aromatic N) is 3. The van der Waals surface area contributed by atoms with E-state index in [-0.39, 0.29) is 5.91 Å². The molecule has 7 heteroatoms. The van der Waals surface area contributed by atoms with Gasteiger partial charge < -0.3 is 11.2 Å². The van der Waals surface area contributed by atoms with Crippen molar-refractivity contribution in [3.63, 3.8) is 0 Å². The van der Waals surface area contributed by atoms with E-state index < -0.39 is 0 Å². The predicted molar refractivity (Wildman–Crippen MR) is 87.0 cm³/mol. The molecule has 122 valence electrons. The van der Waals surface area contributed by atoms with E-state index in [2.05, 4.69) is 29.4 Å². The normalized spacial score (nSPS) is 28.5. The van der Waals surface area contributed by atoms with E-state index >= 15 is 0 Å². The Labute approximate surface area is 135 Å². The van der Waals surface area contributed by atoms with Crippen LogP contribution in [-0.2, 0) is 4.79 Å². The van der Waals surface area contributed by atoms with Crippen molar-refractivity contribution in [1.29, 1.82) is 0 Å². The topological polar surface area (TPSA) is 85.8 Å². The molecular formula is C15H25N5OS. The van der Waals surface area contributed by atoms with Gasteiger partial charge in [-0.3, -0.25) is 4.79 Å². The van der Waals surface area contributed by atoms with E-state index in [9.17, 15) is 4.79 Å². The van der Waals surface area contributed by atoms with Crippen molar-refractivity contribution in [1.82, 2.24) is 20.2 Å². The van der Waals surface area contributed by atoms with E-state index in [0.29, 0.717) is 34.7 Å². The zero-order valence-electron chi connectivity index (χ0n) is 13.3. The van der Waals surface area contributed by atoms with E-state index in [1.54, 1.807) is 4.68 Å². The van der Waals surface area contributed by atoms with Gasteiger partial charge in [-0.05, 0) is 31.1 Å². The highest BCUT2D eigenvalue weighted by molar-refractivity contribution is 7.99. The quantitative estimate of drug-likeness (QED) is 0.638. The van der Waals surface area contributed by atoms with Gasteiger partial charge in [0, 0.05) is 12.0 Å². The summed E-state index contributed by atoms with van der Waals surface area (Å²) in [7, 11) is 0. The third-order valence-corrected chi connectivity index (χ3v) is 5.96. The highest BCUT2D eigenvalue weighted by Crippen LogP contribution is 2.39. The largest absolute Gasteiger partial charge is 0.352 e. The van der Waals surface area contributed by atoms with E-state index in [4.69, 9.17) is 5.84 Å². The zero-order chi connectivity index (χ0) is 15.7. The molecule has 0 unspecified atom stereocenters. The van der Waals surface area contributed by atoms with Crippen LogP contribution < -0.4 is 11.2 Å². The minimum absolute atomic E-state index is 0.0620. The van der Waals surface area contributed by atoms with Gasteiger partial charge in [-0.1, -0.05) is 38.5 Å². The number of nitrogens with two attached hydrogens (primary N) is 1. The van der Waals surface area contributed by atoms with Crippen LogP contribution in [0, 0.1) is 11.8 Å². The molecule has 0 radical (unpaired) electrons. The molecule has 1 amide bonds. The summed E-state index contributed by atoms with van der Waals surface area (Å²) in [6, 6.07) is 0.301. The van der Waals surface area contributed by atoms with E-state index in [0.717, 1.165) is 25.1 Å². The van der Waals surface area contributed by atoms with Gasteiger partial charge in [0.1, 0.15) is 0 Å². The predicted octanol–water partition coefficient (Wildman–Crippen LogP) is 1.90. The minimum Gasteiger partial charge on any atom is -0.352 e. The van der Waals surface area contributed by atoms with Crippen LogP contribution in [0.1, 0.15) is 57.7 Å². The molecule has 1 aromatic rings. The Morgan fingerprint density at radius 2 is 2.09 bits per heavy atom. The van der Waals surface area contributed by atoms with Gasteiger partial charge in [-0.15, -0.1) is 10.2 Å². The van der Waals surface area contributed by atoms with Gasteiger partial charge in [-0.25, -0.2) is 4.68 Å². The Bertz CT molecular complexity index is 542. The van der Waals surface area contributed by atoms with Gasteiger partial charge in [0.15, 0.2) is 5.82 Å². The molecule has 3 rings (SSSR count). The van der Waals surface area contributed by atoms with Gasteiger partial charge in [0.05, 0.1) is 5.75 Å². The van der Waals surface area contributed by atoms with Crippen LogP contribution in [0.3, 0.4) is 0 Å². The molecule has 0 aromatic carbocycles. The summed E-state index contributed by atoms with van der Waals surface area (Å²) in [5, 5.41) is 12.0. The molecule has 22 heavy (non-hydrogen) atoms. The summed E-state index contributed by atoms with van der Waals surface area (Å²) in [5.74, 6) is 8.93. The fourth-order valence-corrected chi connectivity index (χ4v) is 3.85. The average molecular weight is 323 g/mol. The second kappa shape index (κ2) is 6.48. The maximum absolute atomic E-state index is 12.2. The first-order valence-electron chi connectivity index (χ1n) is 8.18.